The molecule has 0 aromatic rings. The summed E-state index contributed by atoms with van der Waals surface area (Å²) in [4.78, 5) is 34.4. The van der Waals surface area contributed by atoms with Crippen LogP contribution in [0, 0.1) is 5.92 Å². The predicted octanol–water partition coefficient (Wildman–Crippen LogP) is 0.790. The van der Waals surface area contributed by atoms with Gasteiger partial charge in [-0.2, -0.15) is 0 Å². The van der Waals surface area contributed by atoms with E-state index in [0.29, 0.717) is 13.2 Å². The maximum Gasteiger partial charge on any atom is 0.302 e. The van der Waals surface area contributed by atoms with E-state index in [9.17, 15) is 14.4 Å². The van der Waals surface area contributed by atoms with Crippen molar-refractivity contribution in [3.63, 3.8) is 0 Å². The van der Waals surface area contributed by atoms with Crippen LogP contribution in [0.25, 0.3) is 0 Å². The molecule has 156 valence electrons. The number of ether oxygens (including phenoxy) is 5. The quantitative estimate of drug-likeness (QED) is 0.431. The number of hydrogen-bond donors (Lipinski definition) is 1. The predicted molar refractivity (Wildman–Crippen MR) is 94.7 cm³/mol. The normalized spacial score (nSPS) is 27.7. The molecule has 27 heavy (non-hydrogen) atoms. The van der Waals surface area contributed by atoms with Crippen molar-refractivity contribution in [1.29, 1.82) is 0 Å². The Bertz CT molecular complexity index is 498. The molecular formula is C18H31NO8. The zero-order valence-corrected chi connectivity index (χ0v) is 16.7. The first kappa shape index (κ1) is 23.3. The Morgan fingerprint density at radius 2 is 1.74 bits per heavy atom. The lowest BCUT2D eigenvalue weighted by atomic mass is 9.89. The lowest BCUT2D eigenvalue weighted by Gasteiger charge is -2.44. The van der Waals surface area contributed by atoms with Crippen molar-refractivity contribution in [2.24, 2.45) is 5.92 Å². The van der Waals surface area contributed by atoms with Gasteiger partial charge in [0.15, 0.2) is 6.29 Å². The van der Waals surface area contributed by atoms with Gasteiger partial charge in [0.25, 0.3) is 0 Å². The molecule has 9 heteroatoms. The van der Waals surface area contributed by atoms with Gasteiger partial charge in [-0.1, -0.05) is 13.8 Å². The first-order chi connectivity index (χ1) is 12.8. The van der Waals surface area contributed by atoms with E-state index in [1.165, 1.54) is 20.8 Å². The highest BCUT2D eigenvalue weighted by atomic mass is 16.7. The Kier molecular flexibility index (Phi) is 10.3. The molecule has 0 aromatic heterocycles. The van der Waals surface area contributed by atoms with Gasteiger partial charge in [-0.25, -0.2) is 0 Å². The molecule has 0 aliphatic carbocycles. The third kappa shape index (κ3) is 8.23. The summed E-state index contributed by atoms with van der Waals surface area (Å²) in [5.74, 6) is -1.56. The smallest absolute Gasteiger partial charge is 0.302 e. The molecule has 1 saturated heterocycles. The number of esters is 2. The Hall–Kier alpha value is -1.71. The van der Waals surface area contributed by atoms with Crippen LogP contribution < -0.4 is 5.32 Å². The fourth-order valence-corrected chi connectivity index (χ4v) is 2.83. The lowest BCUT2D eigenvalue weighted by Crippen LogP contribution is -2.63. The van der Waals surface area contributed by atoms with Crippen LogP contribution in [0.15, 0.2) is 0 Å². The van der Waals surface area contributed by atoms with Gasteiger partial charge in [-0.15, -0.1) is 0 Å². The zero-order chi connectivity index (χ0) is 20.4. The van der Waals surface area contributed by atoms with Crippen LogP contribution in [0.5, 0.6) is 0 Å². The van der Waals surface area contributed by atoms with Gasteiger partial charge in [0.1, 0.15) is 24.9 Å². The van der Waals surface area contributed by atoms with Gasteiger partial charge in [-0.05, 0) is 6.42 Å². The van der Waals surface area contributed by atoms with E-state index in [0.717, 1.165) is 6.42 Å². The van der Waals surface area contributed by atoms with E-state index >= 15 is 0 Å². The molecule has 0 bridgehead atoms. The number of carbonyl (C=O) groups is 3. The molecule has 1 fully saturated rings. The average Bonchev–Trinajstić information content (AvgIpc) is 2.57. The molecule has 1 rings (SSSR count). The second-order valence-electron chi connectivity index (χ2n) is 6.49. The summed E-state index contributed by atoms with van der Waals surface area (Å²) in [7, 11) is 0. The Labute approximate surface area is 160 Å². The molecular weight excluding hydrogens is 358 g/mol. The topological polar surface area (TPSA) is 109 Å². The van der Waals surface area contributed by atoms with Crippen molar-refractivity contribution < 1.29 is 38.1 Å². The molecule has 0 unspecified atom stereocenters. The maximum atomic E-state index is 11.7. The molecule has 1 aliphatic rings. The standard InChI is InChI=1S/C18H31NO8/c1-6-7-23-8-9-24-18-16(19-12(3)20)17(26-14(5)22)11(2)15(27-18)10-25-13(4)21/h11,15-18H,6-10H2,1-5H3,(H,19,20)/t11-,15+,16+,17-,18+/m0/s1. The van der Waals surface area contributed by atoms with E-state index in [1.807, 2.05) is 6.92 Å². The molecule has 1 heterocycles. The van der Waals surface area contributed by atoms with Crippen LogP contribution in [-0.4, -0.2) is 68.8 Å². The van der Waals surface area contributed by atoms with Crippen LogP contribution in [0.4, 0.5) is 0 Å². The van der Waals surface area contributed by atoms with Crippen LogP contribution in [0.2, 0.25) is 0 Å². The van der Waals surface area contributed by atoms with Crippen LogP contribution in [0.1, 0.15) is 41.0 Å². The number of hydrogen-bond acceptors (Lipinski definition) is 8. The van der Waals surface area contributed by atoms with Gasteiger partial charge >= 0.3 is 11.9 Å². The molecule has 0 spiro atoms. The third-order valence-corrected chi connectivity index (χ3v) is 4.04. The SMILES string of the molecule is CCCOCCO[C@@H]1O[C@H](COC(C)=O)[C@H](C)[C@H](OC(C)=O)[C@H]1NC(C)=O. The van der Waals surface area contributed by atoms with Crippen molar-refractivity contribution >= 4 is 17.8 Å². The van der Waals surface area contributed by atoms with E-state index in [2.05, 4.69) is 5.32 Å². The van der Waals surface area contributed by atoms with E-state index in [4.69, 9.17) is 23.7 Å². The summed E-state index contributed by atoms with van der Waals surface area (Å²) in [6.07, 6.45) is -1.22. The fourth-order valence-electron chi connectivity index (χ4n) is 2.83. The Balaban J connectivity index is 2.90. The Morgan fingerprint density at radius 3 is 2.30 bits per heavy atom. The minimum atomic E-state index is -0.875. The molecule has 0 radical (unpaired) electrons. The van der Waals surface area contributed by atoms with E-state index in [1.54, 1.807) is 6.92 Å². The van der Waals surface area contributed by atoms with Crippen molar-refractivity contribution in [2.45, 2.75) is 65.6 Å². The van der Waals surface area contributed by atoms with E-state index in [-0.39, 0.29) is 25.0 Å². The number of nitrogens with one attached hydrogen (secondary N) is 1. The van der Waals surface area contributed by atoms with Gasteiger partial charge in [-0.3, -0.25) is 14.4 Å². The first-order valence-corrected chi connectivity index (χ1v) is 9.18. The largest absolute Gasteiger partial charge is 0.463 e. The molecule has 0 aromatic carbocycles. The van der Waals surface area contributed by atoms with Gasteiger partial charge < -0.3 is 29.0 Å². The summed E-state index contributed by atoms with van der Waals surface area (Å²) >= 11 is 0. The second-order valence-corrected chi connectivity index (χ2v) is 6.49. The number of amides is 1. The fraction of sp³-hybridized carbons (Fsp3) is 0.833. The first-order valence-electron chi connectivity index (χ1n) is 9.18. The summed E-state index contributed by atoms with van der Waals surface area (Å²) < 4.78 is 27.6. The molecule has 1 aliphatic heterocycles. The van der Waals surface area contributed by atoms with Crippen LogP contribution >= 0.6 is 0 Å². The highest BCUT2D eigenvalue weighted by Gasteiger charge is 2.47. The lowest BCUT2D eigenvalue weighted by molar-refractivity contribution is -0.261. The molecule has 9 nitrogen and oxygen atoms in total. The van der Waals surface area contributed by atoms with Crippen molar-refractivity contribution in [2.75, 3.05) is 26.4 Å². The van der Waals surface area contributed by atoms with Crippen LogP contribution in [0.3, 0.4) is 0 Å². The van der Waals surface area contributed by atoms with Gasteiger partial charge in [0, 0.05) is 33.3 Å². The van der Waals surface area contributed by atoms with Gasteiger partial charge in [0.2, 0.25) is 5.91 Å². The van der Waals surface area contributed by atoms with Crippen molar-refractivity contribution in [3.05, 3.63) is 0 Å². The summed E-state index contributed by atoms with van der Waals surface area (Å²) in [5.41, 5.74) is 0. The zero-order valence-electron chi connectivity index (χ0n) is 16.7. The van der Waals surface area contributed by atoms with Crippen LogP contribution in [-0.2, 0) is 38.1 Å². The summed E-state index contributed by atoms with van der Waals surface area (Å²) in [6, 6.07) is -0.693. The highest BCUT2D eigenvalue weighted by molar-refractivity contribution is 5.73. The third-order valence-electron chi connectivity index (χ3n) is 4.04. The minimum absolute atomic E-state index is 0.00670. The molecule has 1 N–H and O–H groups in total. The minimum Gasteiger partial charge on any atom is -0.463 e. The van der Waals surface area contributed by atoms with E-state index < -0.39 is 36.5 Å². The summed E-state index contributed by atoms with van der Waals surface area (Å²) in [6.45, 7) is 8.98. The second kappa shape index (κ2) is 11.9. The van der Waals surface area contributed by atoms with Crippen molar-refractivity contribution in [3.8, 4) is 0 Å². The molecule has 1 amide bonds. The summed E-state index contributed by atoms with van der Waals surface area (Å²) in [5, 5.41) is 2.74. The van der Waals surface area contributed by atoms with Gasteiger partial charge in [0.05, 0.1) is 13.2 Å². The maximum absolute atomic E-state index is 11.7. The van der Waals surface area contributed by atoms with Crippen molar-refractivity contribution in [1.82, 2.24) is 5.32 Å². The Morgan fingerprint density at radius 1 is 1.04 bits per heavy atom. The number of carbonyl (C=O) groups excluding carboxylic acids is 3. The molecule has 5 atom stereocenters. The average molecular weight is 389 g/mol. The molecule has 0 saturated carbocycles. The highest BCUT2D eigenvalue weighted by Crippen LogP contribution is 2.29. The monoisotopic (exact) mass is 389 g/mol. The number of rotatable bonds is 10.